The summed E-state index contributed by atoms with van der Waals surface area (Å²) in [5, 5.41) is 2.52. The van der Waals surface area contributed by atoms with E-state index in [1.54, 1.807) is 0 Å². The molecule has 0 bridgehead atoms. The Morgan fingerprint density at radius 2 is 2.37 bits per heavy atom. The third-order valence-corrected chi connectivity index (χ3v) is 2.85. The Kier molecular flexibility index (Phi) is 2.79. The molecule has 3 rings (SSSR count). The van der Waals surface area contributed by atoms with Gasteiger partial charge < -0.3 is 15.0 Å². The Labute approximate surface area is 111 Å². The second-order valence-corrected chi connectivity index (χ2v) is 4.29. The Morgan fingerprint density at radius 1 is 1.53 bits per heavy atom. The molecule has 0 radical (unpaired) electrons. The number of nitrogens with zero attached hydrogens (tertiary/aromatic N) is 3. The largest absolute Gasteiger partial charge is 0.452 e. The second kappa shape index (κ2) is 4.47. The van der Waals surface area contributed by atoms with Gasteiger partial charge in [-0.05, 0) is 11.6 Å². The molecule has 2 aromatic rings. The van der Waals surface area contributed by atoms with Gasteiger partial charge in [0, 0.05) is 12.8 Å². The van der Waals surface area contributed by atoms with Gasteiger partial charge in [-0.1, -0.05) is 0 Å². The summed E-state index contributed by atoms with van der Waals surface area (Å²) in [7, 11) is 0. The number of carbonyl (C=O) groups is 2. The normalized spacial score (nSPS) is 18.6. The second-order valence-electron chi connectivity index (χ2n) is 3.95. The van der Waals surface area contributed by atoms with Crippen LogP contribution in [0.1, 0.15) is 12.8 Å². The molecule has 0 unspecified atom stereocenters. The van der Waals surface area contributed by atoms with Crippen LogP contribution in [0.3, 0.4) is 0 Å². The number of amides is 1. The van der Waals surface area contributed by atoms with Crippen molar-refractivity contribution in [2.24, 2.45) is 0 Å². The minimum Gasteiger partial charge on any atom is -0.452 e. The molecule has 2 N–H and O–H groups in total. The van der Waals surface area contributed by atoms with Gasteiger partial charge in [0.25, 0.3) is 5.91 Å². The molecule has 0 aromatic carbocycles. The lowest BCUT2D eigenvalue weighted by Crippen LogP contribution is -2.28. The predicted molar refractivity (Wildman–Crippen MR) is 64.4 cm³/mol. The summed E-state index contributed by atoms with van der Waals surface area (Å²) in [5.74, 6) is -0.621. The minimum atomic E-state index is -0.792. The fourth-order valence-electron chi connectivity index (χ4n) is 1.80. The van der Waals surface area contributed by atoms with Gasteiger partial charge in [0.1, 0.15) is 5.52 Å². The van der Waals surface area contributed by atoms with Gasteiger partial charge in [-0.2, -0.15) is 9.97 Å². The summed E-state index contributed by atoms with van der Waals surface area (Å²) in [6.45, 7) is 0. The number of H-pyrrole nitrogens is 1. The number of esters is 1. The highest BCUT2D eigenvalue weighted by atomic mass is 35.5. The van der Waals surface area contributed by atoms with Crippen molar-refractivity contribution in [3.63, 3.8) is 0 Å². The van der Waals surface area contributed by atoms with E-state index < -0.39 is 12.0 Å². The Hall–Kier alpha value is -2.22. The lowest BCUT2D eigenvalue weighted by atomic mass is 10.2. The number of aromatic nitrogens is 4. The van der Waals surface area contributed by atoms with Gasteiger partial charge in [-0.15, -0.1) is 0 Å². The highest BCUT2D eigenvalue weighted by Gasteiger charge is 2.30. The molecule has 8 nitrogen and oxygen atoms in total. The van der Waals surface area contributed by atoms with E-state index >= 15 is 0 Å². The van der Waals surface area contributed by atoms with E-state index in [4.69, 9.17) is 16.3 Å². The van der Waals surface area contributed by atoms with Crippen LogP contribution in [-0.2, 0) is 14.3 Å². The van der Waals surface area contributed by atoms with Crippen LogP contribution in [0.15, 0.2) is 6.33 Å². The Morgan fingerprint density at radius 3 is 3.11 bits per heavy atom. The standard InChI is InChI=1S/C10H8ClN5O3/c11-10-15-7-6(12-3-13-7)8(16-10)14-9(18)4-1-2-5(17)19-4/h3-4H,1-2H2,(H2,12,13,14,15,16,18)/t4-/m1/s1. The summed E-state index contributed by atoms with van der Waals surface area (Å²) in [5.41, 5.74) is 0.806. The van der Waals surface area contributed by atoms with Crippen LogP contribution in [0.5, 0.6) is 0 Å². The highest BCUT2D eigenvalue weighted by molar-refractivity contribution is 6.28. The average molecular weight is 282 g/mol. The van der Waals surface area contributed by atoms with Crippen molar-refractivity contribution in [3.8, 4) is 0 Å². The van der Waals surface area contributed by atoms with Crippen LogP contribution in [0.25, 0.3) is 11.2 Å². The van der Waals surface area contributed by atoms with E-state index in [-0.39, 0.29) is 23.5 Å². The van der Waals surface area contributed by atoms with E-state index in [9.17, 15) is 9.59 Å². The maximum atomic E-state index is 11.9. The molecular formula is C10H8ClN5O3. The SMILES string of the molecule is O=C1CC[C@H](C(=O)Nc2nc(Cl)nc3nc[nH]c23)O1. The van der Waals surface area contributed by atoms with E-state index in [1.807, 2.05) is 0 Å². The van der Waals surface area contributed by atoms with Crippen molar-refractivity contribution in [2.45, 2.75) is 18.9 Å². The van der Waals surface area contributed by atoms with Gasteiger partial charge in [-0.25, -0.2) is 4.98 Å². The van der Waals surface area contributed by atoms with Gasteiger partial charge >= 0.3 is 5.97 Å². The summed E-state index contributed by atoms with van der Waals surface area (Å²) in [6.07, 6.45) is 1.22. The number of ether oxygens (including phenoxy) is 1. The number of rotatable bonds is 2. The predicted octanol–water partition coefficient (Wildman–Crippen LogP) is 0.650. The van der Waals surface area contributed by atoms with Gasteiger partial charge in [0.2, 0.25) is 5.28 Å². The maximum absolute atomic E-state index is 11.9. The zero-order valence-electron chi connectivity index (χ0n) is 9.51. The zero-order valence-corrected chi connectivity index (χ0v) is 10.3. The van der Waals surface area contributed by atoms with Crippen molar-refractivity contribution in [3.05, 3.63) is 11.6 Å². The Balaban J connectivity index is 1.86. The third-order valence-electron chi connectivity index (χ3n) is 2.68. The lowest BCUT2D eigenvalue weighted by Gasteiger charge is -2.09. The lowest BCUT2D eigenvalue weighted by molar-refractivity contribution is -0.146. The molecule has 1 amide bonds. The van der Waals surface area contributed by atoms with Crippen molar-refractivity contribution >= 4 is 40.5 Å². The molecule has 0 spiro atoms. The molecule has 9 heteroatoms. The fraction of sp³-hybridized carbons (Fsp3) is 0.300. The molecule has 19 heavy (non-hydrogen) atoms. The van der Waals surface area contributed by atoms with Crippen molar-refractivity contribution in [1.82, 2.24) is 19.9 Å². The maximum Gasteiger partial charge on any atom is 0.306 e. The number of nitrogens with one attached hydrogen (secondary N) is 2. The van der Waals surface area contributed by atoms with E-state index in [0.717, 1.165) is 0 Å². The molecule has 1 aliphatic heterocycles. The Bertz CT molecular complexity index is 670. The smallest absolute Gasteiger partial charge is 0.306 e. The number of anilines is 1. The number of halogens is 1. The van der Waals surface area contributed by atoms with Crippen LogP contribution < -0.4 is 5.32 Å². The molecule has 1 fully saturated rings. The number of carbonyl (C=O) groups excluding carboxylic acids is 2. The molecule has 1 atom stereocenters. The summed E-state index contributed by atoms with van der Waals surface area (Å²) in [4.78, 5) is 37.4. The number of aromatic amines is 1. The molecule has 98 valence electrons. The number of hydrogen-bond donors (Lipinski definition) is 2. The van der Waals surface area contributed by atoms with Crippen molar-refractivity contribution in [2.75, 3.05) is 5.32 Å². The molecule has 0 aliphatic carbocycles. The van der Waals surface area contributed by atoms with Crippen LogP contribution >= 0.6 is 11.6 Å². The molecule has 1 saturated heterocycles. The molecule has 2 aromatic heterocycles. The first-order valence-electron chi connectivity index (χ1n) is 5.50. The van der Waals surface area contributed by atoms with Crippen molar-refractivity contribution < 1.29 is 14.3 Å². The molecular weight excluding hydrogens is 274 g/mol. The van der Waals surface area contributed by atoms with E-state index in [1.165, 1.54) is 6.33 Å². The molecule has 3 heterocycles. The first-order valence-corrected chi connectivity index (χ1v) is 5.88. The monoisotopic (exact) mass is 281 g/mol. The summed E-state index contributed by atoms with van der Waals surface area (Å²) in [6, 6.07) is 0. The number of hydrogen-bond acceptors (Lipinski definition) is 6. The van der Waals surface area contributed by atoms with Gasteiger partial charge in [-0.3, -0.25) is 9.59 Å². The number of fused-ring (bicyclic) bond motifs is 1. The number of imidazole rings is 1. The highest BCUT2D eigenvalue weighted by Crippen LogP contribution is 2.20. The van der Waals surface area contributed by atoms with Crippen LogP contribution in [0, 0.1) is 0 Å². The molecule has 0 saturated carbocycles. The topological polar surface area (TPSA) is 110 Å². The van der Waals surface area contributed by atoms with Crippen LogP contribution in [0.2, 0.25) is 5.28 Å². The van der Waals surface area contributed by atoms with Crippen molar-refractivity contribution in [1.29, 1.82) is 0 Å². The van der Waals surface area contributed by atoms with E-state index in [2.05, 4.69) is 25.3 Å². The van der Waals surface area contributed by atoms with E-state index in [0.29, 0.717) is 17.6 Å². The third kappa shape index (κ3) is 2.22. The fourth-order valence-corrected chi connectivity index (χ4v) is 1.97. The average Bonchev–Trinajstić information content (AvgIpc) is 2.97. The quantitative estimate of drug-likeness (QED) is 0.618. The molecule has 1 aliphatic rings. The van der Waals surface area contributed by atoms with Gasteiger partial charge in [0.15, 0.2) is 17.6 Å². The number of cyclic esters (lactones) is 1. The first-order chi connectivity index (χ1) is 9.13. The zero-order chi connectivity index (χ0) is 13.4. The first kappa shape index (κ1) is 11.8. The van der Waals surface area contributed by atoms with Gasteiger partial charge in [0.05, 0.1) is 6.33 Å². The summed E-state index contributed by atoms with van der Waals surface area (Å²) < 4.78 is 4.87. The minimum absolute atomic E-state index is 0.0293. The van der Waals surface area contributed by atoms with Crippen LogP contribution in [-0.4, -0.2) is 37.9 Å². The van der Waals surface area contributed by atoms with Crippen LogP contribution in [0.4, 0.5) is 5.82 Å². The summed E-state index contributed by atoms with van der Waals surface area (Å²) >= 11 is 5.73.